The number of nitrogens with one attached hydrogen (secondary N) is 2. The molecule has 0 bridgehead atoms. The maximum atomic E-state index is 13.3. The highest BCUT2D eigenvalue weighted by Crippen LogP contribution is 2.21. The number of hydrogen-bond donors (Lipinski definition) is 3. The summed E-state index contributed by atoms with van der Waals surface area (Å²) in [6.07, 6.45) is 0.947. The first-order valence-corrected chi connectivity index (χ1v) is 7.16. The average molecular weight is 305 g/mol. The topological polar surface area (TPSA) is 78.0 Å². The fraction of sp³-hybridized carbons (Fsp3) is 0.375. The van der Waals surface area contributed by atoms with Gasteiger partial charge in [0.15, 0.2) is 11.6 Å². The molecule has 0 saturated carbocycles. The van der Waals surface area contributed by atoms with Crippen molar-refractivity contribution in [3.05, 3.63) is 46.5 Å². The van der Waals surface area contributed by atoms with Crippen molar-refractivity contribution >= 4 is 5.91 Å². The first-order chi connectivity index (χ1) is 10.4. The molecule has 0 radical (unpaired) electrons. The molecule has 2 rings (SSSR count). The van der Waals surface area contributed by atoms with Crippen LogP contribution < -0.4 is 5.32 Å². The number of halogens is 1. The summed E-state index contributed by atoms with van der Waals surface area (Å²) >= 11 is 0. The summed E-state index contributed by atoms with van der Waals surface area (Å²) in [6.45, 7) is 5.60. The van der Waals surface area contributed by atoms with Gasteiger partial charge in [-0.1, -0.05) is 6.07 Å². The maximum absolute atomic E-state index is 13.3. The van der Waals surface area contributed by atoms with E-state index in [-0.39, 0.29) is 11.9 Å². The second-order valence-corrected chi connectivity index (χ2v) is 5.41. The van der Waals surface area contributed by atoms with Crippen molar-refractivity contribution in [2.75, 3.05) is 0 Å². The highest BCUT2D eigenvalue weighted by Gasteiger charge is 2.13. The molecular formula is C16H20FN3O2. The summed E-state index contributed by atoms with van der Waals surface area (Å²) in [5.41, 5.74) is 3.54. The Kier molecular flexibility index (Phi) is 4.80. The van der Waals surface area contributed by atoms with Crippen LogP contribution in [-0.2, 0) is 11.2 Å². The summed E-state index contributed by atoms with van der Waals surface area (Å²) in [5.74, 6) is -1.20. The lowest BCUT2D eigenvalue weighted by Gasteiger charge is -2.14. The Hall–Kier alpha value is -2.37. The van der Waals surface area contributed by atoms with Crippen molar-refractivity contribution in [3.63, 3.8) is 0 Å². The third-order valence-electron chi connectivity index (χ3n) is 3.73. The summed E-state index contributed by atoms with van der Waals surface area (Å²) in [4.78, 5) is 12.0. The molecule has 0 aliphatic heterocycles. The Labute approximate surface area is 128 Å². The van der Waals surface area contributed by atoms with Crippen LogP contribution in [0, 0.1) is 19.7 Å². The summed E-state index contributed by atoms with van der Waals surface area (Å²) in [7, 11) is 0. The molecule has 1 heterocycles. The first kappa shape index (κ1) is 16.0. The molecule has 1 unspecified atom stereocenters. The first-order valence-electron chi connectivity index (χ1n) is 7.16. The van der Waals surface area contributed by atoms with Crippen LogP contribution in [0.2, 0.25) is 0 Å². The van der Waals surface area contributed by atoms with Crippen molar-refractivity contribution in [2.24, 2.45) is 0 Å². The Balaban J connectivity index is 1.92. The highest BCUT2D eigenvalue weighted by atomic mass is 19.1. The number of H-pyrrole nitrogens is 1. The van der Waals surface area contributed by atoms with Gasteiger partial charge in [-0.25, -0.2) is 4.39 Å². The van der Waals surface area contributed by atoms with E-state index in [9.17, 15) is 14.3 Å². The van der Waals surface area contributed by atoms with Gasteiger partial charge in [-0.15, -0.1) is 0 Å². The van der Waals surface area contributed by atoms with Crippen LogP contribution in [0.3, 0.4) is 0 Å². The van der Waals surface area contributed by atoms with Crippen LogP contribution in [0.5, 0.6) is 5.75 Å². The standard InChI is InChI=1S/C16H20FN3O2/c1-9(12-4-6-15(21)14(17)8-12)18-16(22)7-5-13-10(2)19-20-11(13)3/h4,6,8-9,21H,5,7H2,1-3H3,(H,18,22)(H,19,20). The van der Waals surface area contributed by atoms with Gasteiger partial charge in [-0.05, 0) is 50.5 Å². The van der Waals surface area contributed by atoms with Gasteiger partial charge in [-0.3, -0.25) is 9.89 Å². The van der Waals surface area contributed by atoms with Gasteiger partial charge < -0.3 is 10.4 Å². The minimum absolute atomic E-state index is 0.110. The molecule has 5 nitrogen and oxygen atoms in total. The minimum atomic E-state index is -0.691. The van der Waals surface area contributed by atoms with Crippen molar-refractivity contribution in [1.29, 1.82) is 0 Å². The number of amides is 1. The summed E-state index contributed by atoms with van der Waals surface area (Å²) in [5, 5.41) is 19.0. The lowest BCUT2D eigenvalue weighted by molar-refractivity contribution is -0.121. The second kappa shape index (κ2) is 6.60. The van der Waals surface area contributed by atoms with Gasteiger partial charge in [0.2, 0.25) is 5.91 Å². The van der Waals surface area contributed by atoms with E-state index in [1.54, 1.807) is 13.0 Å². The van der Waals surface area contributed by atoms with Gasteiger partial charge in [-0.2, -0.15) is 5.10 Å². The number of aromatic amines is 1. The van der Waals surface area contributed by atoms with Gasteiger partial charge in [0.1, 0.15) is 0 Å². The predicted molar refractivity (Wildman–Crippen MR) is 81.0 cm³/mol. The number of benzene rings is 1. The number of carbonyl (C=O) groups excluding carboxylic acids is 1. The zero-order valence-electron chi connectivity index (χ0n) is 12.9. The van der Waals surface area contributed by atoms with Crippen molar-refractivity contribution in [1.82, 2.24) is 15.5 Å². The van der Waals surface area contributed by atoms with E-state index in [0.29, 0.717) is 18.4 Å². The van der Waals surface area contributed by atoms with E-state index in [1.165, 1.54) is 12.1 Å². The number of aromatic hydroxyl groups is 1. The van der Waals surface area contributed by atoms with E-state index >= 15 is 0 Å². The molecule has 0 fully saturated rings. The number of phenols is 1. The van der Waals surface area contributed by atoms with Crippen LogP contribution in [0.25, 0.3) is 0 Å². The summed E-state index contributed by atoms with van der Waals surface area (Å²) < 4.78 is 13.3. The zero-order valence-corrected chi connectivity index (χ0v) is 12.9. The van der Waals surface area contributed by atoms with E-state index < -0.39 is 11.6 Å². The number of aryl methyl sites for hydroxylation is 2. The van der Waals surface area contributed by atoms with Crippen LogP contribution in [0.15, 0.2) is 18.2 Å². The molecule has 0 aliphatic rings. The molecule has 1 amide bonds. The number of carbonyl (C=O) groups is 1. The fourth-order valence-electron chi connectivity index (χ4n) is 2.37. The number of nitrogens with zero attached hydrogens (tertiary/aromatic N) is 1. The molecule has 1 aromatic heterocycles. The highest BCUT2D eigenvalue weighted by molar-refractivity contribution is 5.76. The number of rotatable bonds is 5. The lowest BCUT2D eigenvalue weighted by Crippen LogP contribution is -2.27. The fourth-order valence-corrected chi connectivity index (χ4v) is 2.37. The molecule has 118 valence electrons. The molecule has 2 aromatic rings. The van der Waals surface area contributed by atoms with Crippen molar-refractivity contribution in [3.8, 4) is 5.75 Å². The Morgan fingerprint density at radius 3 is 2.77 bits per heavy atom. The molecule has 3 N–H and O–H groups in total. The summed E-state index contributed by atoms with van der Waals surface area (Å²) in [6, 6.07) is 3.78. The predicted octanol–water partition coefficient (Wildman–Crippen LogP) is 2.68. The van der Waals surface area contributed by atoms with Crippen molar-refractivity contribution < 1.29 is 14.3 Å². The number of aromatic nitrogens is 2. The van der Waals surface area contributed by atoms with Crippen LogP contribution in [0.4, 0.5) is 4.39 Å². The van der Waals surface area contributed by atoms with Gasteiger partial charge >= 0.3 is 0 Å². The SMILES string of the molecule is Cc1n[nH]c(C)c1CCC(=O)NC(C)c1ccc(O)c(F)c1. The molecular weight excluding hydrogens is 285 g/mol. The maximum Gasteiger partial charge on any atom is 0.220 e. The molecule has 0 aliphatic carbocycles. The molecule has 0 saturated heterocycles. The van der Waals surface area contributed by atoms with E-state index in [0.717, 1.165) is 17.0 Å². The second-order valence-electron chi connectivity index (χ2n) is 5.41. The van der Waals surface area contributed by atoms with Gasteiger partial charge in [0.25, 0.3) is 0 Å². The van der Waals surface area contributed by atoms with E-state index in [4.69, 9.17) is 0 Å². The van der Waals surface area contributed by atoms with E-state index in [2.05, 4.69) is 15.5 Å². The molecule has 22 heavy (non-hydrogen) atoms. The quantitative estimate of drug-likeness (QED) is 0.794. The van der Waals surface area contributed by atoms with Crippen LogP contribution in [0.1, 0.15) is 41.9 Å². The van der Waals surface area contributed by atoms with Gasteiger partial charge in [0.05, 0.1) is 11.7 Å². The Bertz CT molecular complexity index is 663. The molecule has 1 aromatic carbocycles. The van der Waals surface area contributed by atoms with Crippen LogP contribution >= 0.6 is 0 Å². The molecule has 1 atom stereocenters. The third-order valence-corrected chi connectivity index (χ3v) is 3.73. The van der Waals surface area contributed by atoms with Crippen LogP contribution in [-0.4, -0.2) is 21.2 Å². The largest absolute Gasteiger partial charge is 0.505 e. The smallest absolute Gasteiger partial charge is 0.220 e. The lowest BCUT2D eigenvalue weighted by atomic mass is 10.1. The number of hydrogen-bond acceptors (Lipinski definition) is 3. The molecule has 0 spiro atoms. The monoisotopic (exact) mass is 305 g/mol. The Morgan fingerprint density at radius 2 is 2.18 bits per heavy atom. The third kappa shape index (κ3) is 3.63. The Morgan fingerprint density at radius 1 is 1.45 bits per heavy atom. The average Bonchev–Trinajstić information content (AvgIpc) is 2.78. The zero-order chi connectivity index (χ0) is 16.3. The molecule has 6 heteroatoms. The van der Waals surface area contributed by atoms with Crippen molar-refractivity contribution in [2.45, 2.75) is 39.7 Å². The normalized spacial score (nSPS) is 12.2. The number of phenolic OH excluding ortho intramolecular Hbond substituents is 1. The van der Waals surface area contributed by atoms with Gasteiger partial charge in [0, 0.05) is 12.1 Å². The van der Waals surface area contributed by atoms with E-state index in [1.807, 2.05) is 13.8 Å². The minimum Gasteiger partial charge on any atom is -0.505 e.